The predicted molar refractivity (Wildman–Crippen MR) is 158 cm³/mol. The molecule has 1 fully saturated rings. The quantitative estimate of drug-likeness (QED) is 0.107. The topological polar surface area (TPSA) is 134 Å². The van der Waals surface area contributed by atoms with Gasteiger partial charge >= 0.3 is 11.9 Å². The van der Waals surface area contributed by atoms with E-state index in [2.05, 4.69) is 11.9 Å². The molecule has 2 aromatic carbocycles. The number of thiazole rings is 1. The molecular weight excluding hydrogens is 576 g/mol. The van der Waals surface area contributed by atoms with E-state index < -0.39 is 29.5 Å². The Kier molecular flexibility index (Phi) is 8.86. The number of esters is 1. The Labute approximate surface area is 252 Å². The van der Waals surface area contributed by atoms with Crippen LogP contribution in [0.25, 0.3) is 5.76 Å². The molecule has 5 rings (SSSR count). The Balaban J connectivity index is 1.68. The second-order valence-corrected chi connectivity index (χ2v) is 10.7. The smallest absolute Gasteiger partial charge is 0.350 e. The maximum absolute atomic E-state index is 13.7. The van der Waals surface area contributed by atoms with Gasteiger partial charge in [-0.1, -0.05) is 30.7 Å². The van der Waals surface area contributed by atoms with Crippen molar-refractivity contribution in [2.24, 2.45) is 0 Å². The Morgan fingerprint density at radius 1 is 1.07 bits per heavy atom. The first-order chi connectivity index (χ1) is 20.8. The number of aliphatic hydroxyl groups is 1. The first-order valence-electron chi connectivity index (χ1n) is 13.9. The van der Waals surface area contributed by atoms with Gasteiger partial charge in [-0.2, -0.15) is 0 Å². The number of Topliss-reactive ketones (excluding diaryl/α,β-unsaturated/α-hetero) is 1. The van der Waals surface area contributed by atoms with Crippen molar-refractivity contribution in [2.45, 2.75) is 39.7 Å². The van der Waals surface area contributed by atoms with Crippen LogP contribution >= 0.6 is 11.3 Å². The second-order valence-electron chi connectivity index (χ2n) is 9.77. The largest absolute Gasteiger partial charge is 0.507 e. The van der Waals surface area contributed by atoms with Crippen molar-refractivity contribution in [3.8, 4) is 23.0 Å². The number of hydrogen-bond donors (Lipinski definition) is 1. The predicted octanol–water partition coefficient (Wildman–Crippen LogP) is 5.21. The number of benzene rings is 2. The molecule has 1 amide bonds. The molecule has 0 unspecified atom stereocenters. The van der Waals surface area contributed by atoms with Gasteiger partial charge in [0.05, 0.1) is 37.6 Å². The molecule has 3 aromatic rings. The highest BCUT2D eigenvalue weighted by Crippen LogP contribution is 2.46. The fourth-order valence-corrected chi connectivity index (χ4v) is 5.88. The Morgan fingerprint density at radius 3 is 2.56 bits per heavy atom. The summed E-state index contributed by atoms with van der Waals surface area (Å²) in [6.45, 7) is 7.08. The standard InChI is InChI=1S/C31H32N2O9S/c1-5-7-12-40-20-10-8-18(15-22(20)39-6-2)25-24(26(34)19-9-11-21-23(16-19)42-14-13-41-21)27(35)29(36)33(25)31-32-17(3)28(43-31)30(37)38-4/h8-11,15-16,25,34H,5-7,12-14H2,1-4H3/t25-/m1/s1. The van der Waals surface area contributed by atoms with Crippen LogP contribution in [0.1, 0.15) is 59.2 Å². The molecule has 0 radical (unpaired) electrons. The molecule has 226 valence electrons. The van der Waals surface area contributed by atoms with E-state index in [1.165, 1.54) is 12.0 Å². The summed E-state index contributed by atoms with van der Waals surface area (Å²) in [5.74, 6) is -0.975. The number of ketones is 1. The van der Waals surface area contributed by atoms with Gasteiger partial charge in [-0.25, -0.2) is 9.78 Å². The summed E-state index contributed by atoms with van der Waals surface area (Å²) in [6.07, 6.45) is 1.81. The first kappa shape index (κ1) is 29.9. The van der Waals surface area contributed by atoms with Crippen molar-refractivity contribution >= 4 is 39.9 Å². The summed E-state index contributed by atoms with van der Waals surface area (Å²) in [5.41, 5.74) is 0.921. The number of amides is 1. The second kappa shape index (κ2) is 12.7. The lowest BCUT2D eigenvalue weighted by molar-refractivity contribution is -0.132. The number of ether oxygens (including phenoxy) is 5. The van der Waals surface area contributed by atoms with Crippen LogP contribution in [0.4, 0.5) is 5.13 Å². The number of aryl methyl sites for hydroxylation is 1. The van der Waals surface area contributed by atoms with Gasteiger partial charge in [0.2, 0.25) is 0 Å². The van der Waals surface area contributed by atoms with Crippen molar-refractivity contribution in [1.29, 1.82) is 0 Å². The number of anilines is 1. The molecule has 1 N–H and O–H groups in total. The summed E-state index contributed by atoms with van der Waals surface area (Å²) < 4.78 is 27.9. The molecule has 1 saturated heterocycles. The van der Waals surface area contributed by atoms with Gasteiger partial charge in [0.1, 0.15) is 23.9 Å². The molecule has 2 aliphatic heterocycles. The number of aromatic nitrogens is 1. The highest BCUT2D eigenvalue weighted by atomic mass is 32.1. The lowest BCUT2D eigenvalue weighted by atomic mass is 9.95. The number of methoxy groups -OCH3 is 1. The van der Waals surface area contributed by atoms with Crippen LogP contribution in [0, 0.1) is 6.92 Å². The maximum atomic E-state index is 13.7. The molecule has 0 saturated carbocycles. The number of carbonyl (C=O) groups excluding carboxylic acids is 3. The Morgan fingerprint density at radius 2 is 1.84 bits per heavy atom. The van der Waals surface area contributed by atoms with Crippen LogP contribution in [0.3, 0.4) is 0 Å². The van der Waals surface area contributed by atoms with Gasteiger partial charge in [-0.05, 0) is 56.2 Å². The van der Waals surface area contributed by atoms with Gasteiger partial charge < -0.3 is 28.8 Å². The van der Waals surface area contributed by atoms with Crippen molar-refractivity contribution in [1.82, 2.24) is 4.98 Å². The number of rotatable bonds is 10. The van der Waals surface area contributed by atoms with E-state index >= 15 is 0 Å². The SMILES string of the molecule is CCCCOc1ccc([C@@H]2C(=C(O)c3ccc4c(c3)OCCO4)C(=O)C(=O)N2c2nc(C)c(C(=O)OC)s2)cc1OCC. The average Bonchev–Trinajstić information content (AvgIpc) is 3.53. The minimum Gasteiger partial charge on any atom is -0.507 e. The molecule has 1 aromatic heterocycles. The molecule has 11 nitrogen and oxygen atoms in total. The summed E-state index contributed by atoms with van der Waals surface area (Å²) in [7, 11) is 1.25. The van der Waals surface area contributed by atoms with E-state index in [0.717, 1.165) is 24.2 Å². The number of aliphatic hydroxyl groups excluding tert-OH is 1. The lowest BCUT2D eigenvalue weighted by Gasteiger charge is -2.24. The number of fused-ring (bicyclic) bond motifs is 1. The number of carbonyl (C=O) groups is 3. The average molecular weight is 609 g/mol. The molecule has 0 bridgehead atoms. The molecular formula is C31H32N2O9S. The van der Waals surface area contributed by atoms with E-state index in [9.17, 15) is 19.5 Å². The normalized spacial score (nSPS) is 17.2. The van der Waals surface area contributed by atoms with Crippen LogP contribution in [-0.2, 0) is 14.3 Å². The fraction of sp³-hybridized carbons (Fsp3) is 0.355. The van der Waals surface area contributed by atoms with E-state index in [1.807, 2.05) is 6.92 Å². The first-order valence-corrected chi connectivity index (χ1v) is 14.8. The molecule has 2 aliphatic rings. The van der Waals surface area contributed by atoms with Gasteiger partial charge in [0.15, 0.2) is 28.1 Å². The van der Waals surface area contributed by atoms with Gasteiger partial charge in [0, 0.05) is 5.56 Å². The van der Waals surface area contributed by atoms with Gasteiger partial charge in [0.25, 0.3) is 5.78 Å². The molecule has 0 aliphatic carbocycles. The zero-order chi connectivity index (χ0) is 30.7. The van der Waals surface area contributed by atoms with E-state index in [0.29, 0.717) is 60.7 Å². The third-order valence-corrected chi connectivity index (χ3v) is 8.10. The minimum atomic E-state index is -1.10. The van der Waals surface area contributed by atoms with Crippen molar-refractivity contribution in [3.63, 3.8) is 0 Å². The summed E-state index contributed by atoms with van der Waals surface area (Å²) in [4.78, 5) is 45.5. The summed E-state index contributed by atoms with van der Waals surface area (Å²) in [6, 6.07) is 8.80. The van der Waals surface area contributed by atoms with Crippen LogP contribution in [0.15, 0.2) is 42.0 Å². The number of unbranched alkanes of at least 4 members (excludes halogenated alkanes) is 1. The molecule has 1 atom stereocenters. The number of nitrogens with zero attached hydrogens (tertiary/aromatic N) is 2. The van der Waals surface area contributed by atoms with Crippen molar-refractivity contribution < 1.29 is 43.2 Å². The van der Waals surface area contributed by atoms with Crippen LogP contribution in [-0.4, -0.2) is 61.3 Å². The Hall–Kier alpha value is -4.58. The number of hydrogen-bond acceptors (Lipinski definition) is 11. The van der Waals surface area contributed by atoms with E-state index in [-0.39, 0.29) is 21.1 Å². The van der Waals surface area contributed by atoms with Crippen molar-refractivity contribution in [2.75, 3.05) is 38.4 Å². The van der Waals surface area contributed by atoms with Crippen LogP contribution in [0.2, 0.25) is 0 Å². The zero-order valence-electron chi connectivity index (χ0n) is 24.3. The van der Waals surface area contributed by atoms with Crippen molar-refractivity contribution in [3.05, 3.63) is 63.7 Å². The third-order valence-electron chi connectivity index (χ3n) is 6.96. The molecule has 12 heteroatoms. The zero-order valence-corrected chi connectivity index (χ0v) is 25.1. The van der Waals surface area contributed by atoms with Gasteiger partial charge in [-0.15, -0.1) is 0 Å². The summed E-state index contributed by atoms with van der Waals surface area (Å²) >= 11 is 0.924. The highest BCUT2D eigenvalue weighted by molar-refractivity contribution is 7.17. The molecule has 0 spiro atoms. The molecule has 43 heavy (non-hydrogen) atoms. The van der Waals surface area contributed by atoms with E-state index in [1.54, 1.807) is 43.3 Å². The third kappa shape index (κ3) is 5.74. The Bertz CT molecular complexity index is 1600. The maximum Gasteiger partial charge on any atom is 0.350 e. The molecule has 3 heterocycles. The minimum absolute atomic E-state index is 0.104. The van der Waals surface area contributed by atoms with Crippen LogP contribution in [0.5, 0.6) is 23.0 Å². The lowest BCUT2D eigenvalue weighted by Crippen LogP contribution is -2.29. The van der Waals surface area contributed by atoms with E-state index in [4.69, 9.17) is 23.7 Å². The highest BCUT2D eigenvalue weighted by Gasteiger charge is 2.48. The van der Waals surface area contributed by atoms with Gasteiger partial charge in [-0.3, -0.25) is 14.5 Å². The monoisotopic (exact) mass is 608 g/mol. The fourth-order valence-electron chi connectivity index (χ4n) is 4.87. The summed E-state index contributed by atoms with van der Waals surface area (Å²) in [5, 5.41) is 11.7. The van der Waals surface area contributed by atoms with Crippen LogP contribution < -0.4 is 23.8 Å².